The fourth-order valence-electron chi connectivity index (χ4n) is 12.1. The molecule has 0 saturated heterocycles. The molecule has 1 atom stereocenters. The van der Waals surface area contributed by atoms with Gasteiger partial charge in [-0.25, -0.2) is 9.37 Å². The second-order valence-corrected chi connectivity index (χ2v) is 19.8. The number of nitrogens with one attached hydrogen (secondary N) is 2. The maximum Gasteiger partial charge on any atom is 0.336 e. The lowest BCUT2D eigenvalue weighted by atomic mass is 9.71. The molecule has 0 spiro atoms. The van der Waals surface area contributed by atoms with Crippen LogP contribution in [0.3, 0.4) is 0 Å². The minimum absolute atomic E-state index is 0.0639. The molecule has 11 rings (SSSR count). The standard InChI is InChI=1S/C57H55ClN4O7/c1-32-43(44-30-39(68-2)20-22-48(44)62(32)56(65)34-15-18-38(58)19-16-34)31-49(63)59-23-3-4-24-60-55(64)37-17-21-40(57(66)67)45(29-37)51-46-27-35-11-5-9-33-10-6-13-41(50(33)35)53(46)69-54-42-14-8-26-61-25-7-12-36(52(42)61)28-47(51)54/h15-22,27-30,33H,3-14,23-26,31H2,1-2H3,(H2-,59,60,63,64,66,67)/p+1. The summed E-state index contributed by atoms with van der Waals surface area (Å²) < 4.78 is 16.9. The van der Waals surface area contributed by atoms with E-state index in [0.717, 1.165) is 103 Å². The van der Waals surface area contributed by atoms with Gasteiger partial charge in [-0.15, -0.1) is 0 Å². The highest BCUT2D eigenvalue weighted by atomic mass is 35.5. The van der Waals surface area contributed by atoms with Gasteiger partial charge >= 0.3 is 5.97 Å². The third-order valence-electron chi connectivity index (χ3n) is 15.3. The first-order valence-corrected chi connectivity index (χ1v) is 25.0. The van der Waals surface area contributed by atoms with Crippen molar-refractivity contribution in [2.45, 2.75) is 96.3 Å². The van der Waals surface area contributed by atoms with Gasteiger partial charge in [-0.1, -0.05) is 11.6 Å². The lowest BCUT2D eigenvalue weighted by Gasteiger charge is -2.36. The Hall–Kier alpha value is -6.72. The normalized spacial score (nSPS) is 16.4. The number of unbranched alkanes of at least 4 members (excludes halogenated alkanes) is 1. The second kappa shape index (κ2) is 18.3. The molecule has 2 amide bonds. The van der Waals surface area contributed by atoms with Gasteiger partial charge in [-0.2, -0.15) is 0 Å². The molecule has 69 heavy (non-hydrogen) atoms. The molecule has 6 aromatic rings. The van der Waals surface area contributed by atoms with Crippen molar-refractivity contribution in [3.63, 3.8) is 0 Å². The summed E-state index contributed by atoms with van der Waals surface area (Å²) in [5, 5.41) is 20.4. The summed E-state index contributed by atoms with van der Waals surface area (Å²) in [6.45, 7) is 4.66. The predicted octanol–water partition coefficient (Wildman–Crippen LogP) is 8.36. The van der Waals surface area contributed by atoms with Gasteiger partial charge in [0, 0.05) is 75.1 Å². The quantitative estimate of drug-likeness (QED) is 0.0827. The van der Waals surface area contributed by atoms with E-state index in [1.807, 2.05) is 19.1 Å². The topological polar surface area (TPSA) is 139 Å². The van der Waals surface area contributed by atoms with E-state index in [2.05, 4.69) is 27.3 Å². The highest BCUT2D eigenvalue weighted by molar-refractivity contribution is 6.30. The molecule has 0 radical (unpaired) electrons. The Morgan fingerprint density at radius 2 is 1.52 bits per heavy atom. The molecule has 1 unspecified atom stereocenters. The van der Waals surface area contributed by atoms with E-state index in [0.29, 0.717) is 70.5 Å². The van der Waals surface area contributed by atoms with Gasteiger partial charge in [0.15, 0.2) is 0 Å². The molecule has 2 aliphatic carbocycles. The number of amides is 2. The van der Waals surface area contributed by atoms with Gasteiger partial charge in [0.1, 0.15) is 30.3 Å². The third kappa shape index (κ3) is 7.98. The zero-order valence-electron chi connectivity index (χ0n) is 39.2. The number of carbonyl (C=O) groups excluding carboxylic acids is 3. The largest absolute Gasteiger partial charge is 0.497 e. The van der Waals surface area contributed by atoms with Crippen molar-refractivity contribution in [1.82, 2.24) is 19.8 Å². The summed E-state index contributed by atoms with van der Waals surface area (Å²) in [6.07, 6.45) is 11.8. The van der Waals surface area contributed by atoms with E-state index in [4.69, 9.17) is 21.1 Å². The minimum atomic E-state index is -1.04. The first kappa shape index (κ1) is 44.8. The maximum absolute atomic E-state index is 14.0. The average Bonchev–Trinajstić information content (AvgIpc) is 3.63. The first-order chi connectivity index (χ1) is 33.6. The zero-order valence-corrected chi connectivity index (χ0v) is 40.0. The van der Waals surface area contributed by atoms with Gasteiger partial charge in [0.05, 0.1) is 30.2 Å². The van der Waals surface area contributed by atoms with Crippen LogP contribution in [0.4, 0.5) is 0 Å². The van der Waals surface area contributed by atoms with Crippen molar-refractivity contribution in [3.05, 3.63) is 155 Å². The number of halogens is 1. The van der Waals surface area contributed by atoms with Crippen LogP contribution in [0.2, 0.25) is 5.02 Å². The lowest BCUT2D eigenvalue weighted by Crippen LogP contribution is -2.45. The number of rotatable bonds is 12. The van der Waals surface area contributed by atoms with Gasteiger partial charge in [-0.3, -0.25) is 19.0 Å². The van der Waals surface area contributed by atoms with Crippen molar-refractivity contribution in [2.24, 2.45) is 0 Å². The van der Waals surface area contributed by atoms with Gasteiger partial charge in [0.25, 0.3) is 11.8 Å². The van der Waals surface area contributed by atoms with Crippen LogP contribution in [-0.4, -0.2) is 66.7 Å². The highest BCUT2D eigenvalue weighted by Gasteiger charge is 2.37. The molecule has 1 aromatic heterocycles. The molecule has 11 nitrogen and oxygen atoms in total. The Labute approximate surface area is 405 Å². The van der Waals surface area contributed by atoms with E-state index < -0.39 is 5.97 Å². The second-order valence-electron chi connectivity index (χ2n) is 19.3. The monoisotopic (exact) mass is 943 g/mol. The Kier molecular flexibility index (Phi) is 11.9. The van der Waals surface area contributed by atoms with Crippen LogP contribution in [-0.2, 0) is 36.9 Å². The van der Waals surface area contributed by atoms with Crippen LogP contribution in [0, 0.1) is 6.92 Å². The lowest BCUT2D eigenvalue weighted by molar-refractivity contribution is -0.120. The molecule has 12 heteroatoms. The van der Waals surface area contributed by atoms with E-state index >= 15 is 0 Å². The van der Waals surface area contributed by atoms with Crippen molar-refractivity contribution in [3.8, 4) is 17.2 Å². The molecule has 3 aliphatic heterocycles. The fourth-order valence-corrected chi connectivity index (χ4v) is 12.2. The van der Waals surface area contributed by atoms with Gasteiger partial charge in [0.2, 0.25) is 11.3 Å². The molecule has 352 valence electrons. The molecular weight excluding hydrogens is 888 g/mol. The van der Waals surface area contributed by atoms with Gasteiger partial charge < -0.3 is 25.2 Å². The predicted molar refractivity (Wildman–Crippen MR) is 266 cm³/mol. The van der Waals surface area contributed by atoms with Crippen molar-refractivity contribution in [1.29, 1.82) is 0 Å². The van der Waals surface area contributed by atoms with Crippen molar-refractivity contribution < 1.29 is 33.8 Å². The number of carboxylic acids is 1. The number of ether oxygens (including phenoxy) is 2. The SMILES string of the molecule is COc1ccc2c(c1)c(CC(=O)NCCCCNC(=O)c1ccc(C(=O)O)c(C3=c4cc5c6c(c4Oc4c3cc3c7c4CCCC7CCC3)CCC[N+]=6CCC5)c1)c(C)n2C(=O)c1ccc(Cl)cc1. The number of fused-ring (bicyclic) bond motifs is 5. The highest BCUT2D eigenvalue weighted by Crippen LogP contribution is 2.50. The minimum Gasteiger partial charge on any atom is -0.497 e. The van der Waals surface area contributed by atoms with E-state index in [1.54, 1.807) is 60.2 Å². The number of aromatic carboxylic acids is 1. The number of methoxy groups -OCH3 is 1. The Balaban J connectivity index is 0.832. The van der Waals surface area contributed by atoms with Gasteiger partial charge in [-0.05, 0) is 178 Å². The number of aromatic nitrogens is 1. The maximum atomic E-state index is 14.0. The molecule has 4 heterocycles. The molecule has 3 N–H and O–H groups in total. The summed E-state index contributed by atoms with van der Waals surface area (Å²) in [4.78, 5) is 54.4. The van der Waals surface area contributed by atoms with E-state index in [1.165, 1.54) is 46.0 Å². The number of carboxylic acid groups (broad SMARTS) is 1. The Morgan fingerprint density at radius 3 is 2.30 bits per heavy atom. The molecule has 5 aliphatic rings. The molecule has 0 fully saturated rings. The zero-order chi connectivity index (χ0) is 47.5. The summed E-state index contributed by atoms with van der Waals surface area (Å²) in [5.74, 6) is 1.12. The van der Waals surface area contributed by atoms with Crippen LogP contribution in [0.1, 0.15) is 139 Å². The average molecular weight is 945 g/mol. The number of hydrogen-bond donors (Lipinski definition) is 3. The number of hydrogen-bond acceptors (Lipinski definition) is 6. The summed E-state index contributed by atoms with van der Waals surface area (Å²) in [5.41, 5.74) is 12.0. The number of nitrogens with zero attached hydrogens (tertiary/aromatic N) is 2. The third-order valence-corrected chi connectivity index (χ3v) is 15.5. The van der Waals surface area contributed by atoms with Crippen LogP contribution in [0.25, 0.3) is 16.5 Å². The van der Waals surface area contributed by atoms with E-state index in [9.17, 15) is 24.3 Å². The van der Waals surface area contributed by atoms with Crippen LogP contribution in [0.15, 0.2) is 72.8 Å². The van der Waals surface area contributed by atoms with Crippen LogP contribution in [0.5, 0.6) is 17.2 Å². The van der Waals surface area contributed by atoms with Crippen molar-refractivity contribution in [2.75, 3.05) is 33.3 Å². The van der Waals surface area contributed by atoms with Crippen LogP contribution >= 0.6 is 11.6 Å². The summed E-state index contributed by atoms with van der Waals surface area (Å²) in [7, 11) is 1.58. The van der Waals surface area contributed by atoms with Crippen LogP contribution < -0.4 is 35.3 Å². The molecule has 0 bridgehead atoms. The number of aryl methyl sites for hydroxylation is 2. The fraction of sp³-hybridized carbons (Fsp3) is 0.351. The Morgan fingerprint density at radius 1 is 0.797 bits per heavy atom. The Bertz CT molecular complexity index is 3290. The van der Waals surface area contributed by atoms with E-state index in [-0.39, 0.29) is 29.7 Å². The van der Waals surface area contributed by atoms with Crippen molar-refractivity contribution >= 4 is 51.8 Å². The summed E-state index contributed by atoms with van der Waals surface area (Å²) >= 11 is 6.10. The first-order valence-electron chi connectivity index (χ1n) is 24.7. The number of benzene rings is 5. The molecule has 5 aromatic carbocycles. The smallest absolute Gasteiger partial charge is 0.336 e. The summed E-state index contributed by atoms with van der Waals surface area (Å²) in [6, 6.07) is 21.7. The molecular formula is C57H56ClN4O7+. The number of carbonyl (C=O) groups is 4. The molecule has 0 saturated carbocycles.